The fourth-order valence-corrected chi connectivity index (χ4v) is 3.69. The van der Waals surface area contributed by atoms with Crippen LogP contribution in [0.15, 0.2) is 53.7 Å². The van der Waals surface area contributed by atoms with Gasteiger partial charge in [0.05, 0.1) is 10.5 Å². The fraction of sp³-hybridized carbons (Fsp3) is 0.208. The number of ether oxygens (including phenoxy) is 1. The van der Waals surface area contributed by atoms with Crippen LogP contribution >= 0.6 is 11.8 Å². The molecular formula is C24H23N5O8S. The molecule has 1 heterocycles. The van der Waals surface area contributed by atoms with E-state index in [4.69, 9.17) is 4.74 Å². The summed E-state index contributed by atoms with van der Waals surface area (Å²) in [5.74, 6) is -4.30. The molecule has 0 saturated carbocycles. The van der Waals surface area contributed by atoms with Gasteiger partial charge in [0.2, 0.25) is 5.82 Å². The standard InChI is InChI=1S/C24H23N5O8S/c1-28(2)21(30)14-10-15(22(31)32)12-16(11-14)37-20-18(29(35)36)19(26-24(27-20)38-3)25-17(23(33)34)9-13-7-5-4-6-8-13/h4-8,10-12,17H,9H2,1-3H3,(H,31,32)(H,33,34)(H,25,26,27). The van der Waals surface area contributed by atoms with Gasteiger partial charge >= 0.3 is 23.5 Å². The van der Waals surface area contributed by atoms with E-state index in [1.54, 1.807) is 36.6 Å². The van der Waals surface area contributed by atoms with Gasteiger partial charge in [0.25, 0.3) is 5.91 Å². The lowest BCUT2D eigenvalue weighted by Gasteiger charge is -2.17. The first kappa shape index (κ1) is 27.9. The van der Waals surface area contributed by atoms with Crippen LogP contribution in [0.3, 0.4) is 0 Å². The molecule has 0 saturated heterocycles. The van der Waals surface area contributed by atoms with Gasteiger partial charge in [0.15, 0.2) is 5.16 Å². The molecule has 0 aliphatic heterocycles. The van der Waals surface area contributed by atoms with Gasteiger partial charge in [0.1, 0.15) is 11.8 Å². The van der Waals surface area contributed by atoms with Crippen LogP contribution in [0.5, 0.6) is 11.6 Å². The Hall–Kier alpha value is -4.72. The van der Waals surface area contributed by atoms with Gasteiger partial charge in [-0.15, -0.1) is 0 Å². The van der Waals surface area contributed by atoms with Crippen LogP contribution in [-0.2, 0) is 11.2 Å². The minimum Gasteiger partial charge on any atom is -0.480 e. The number of nitrogens with one attached hydrogen (secondary N) is 1. The number of aliphatic carboxylic acids is 1. The fourth-order valence-electron chi connectivity index (χ4n) is 3.33. The summed E-state index contributed by atoms with van der Waals surface area (Å²) < 4.78 is 5.65. The second kappa shape index (κ2) is 12.0. The monoisotopic (exact) mass is 541 g/mol. The summed E-state index contributed by atoms with van der Waals surface area (Å²) in [7, 11) is 2.95. The number of carboxylic acid groups (broad SMARTS) is 2. The lowest BCUT2D eigenvalue weighted by molar-refractivity contribution is -0.385. The zero-order valence-electron chi connectivity index (χ0n) is 20.4. The van der Waals surface area contributed by atoms with Gasteiger partial charge in [-0.2, -0.15) is 9.97 Å². The Bertz CT molecular complexity index is 1380. The zero-order chi connectivity index (χ0) is 28.0. The maximum atomic E-state index is 12.5. The van der Waals surface area contributed by atoms with Crippen molar-refractivity contribution in [3.05, 3.63) is 75.3 Å². The highest BCUT2D eigenvalue weighted by atomic mass is 32.2. The number of hydrogen-bond donors (Lipinski definition) is 3. The third-order valence-corrected chi connectivity index (χ3v) is 5.66. The van der Waals surface area contributed by atoms with Crippen LogP contribution in [0.4, 0.5) is 11.5 Å². The van der Waals surface area contributed by atoms with E-state index in [2.05, 4.69) is 15.3 Å². The van der Waals surface area contributed by atoms with E-state index in [1.165, 1.54) is 25.1 Å². The summed E-state index contributed by atoms with van der Waals surface area (Å²) in [6, 6.07) is 10.9. The maximum Gasteiger partial charge on any atom is 0.373 e. The molecular weight excluding hydrogens is 518 g/mol. The first-order valence-electron chi connectivity index (χ1n) is 10.9. The zero-order valence-corrected chi connectivity index (χ0v) is 21.3. The molecule has 14 heteroatoms. The van der Waals surface area contributed by atoms with Crippen LogP contribution in [0.25, 0.3) is 0 Å². The molecule has 0 fully saturated rings. The number of aromatic carboxylic acids is 1. The Labute approximate surface area is 220 Å². The highest BCUT2D eigenvalue weighted by Gasteiger charge is 2.31. The predicted molar refractivity (Wildman–Crippen MR) is 137 cm³/mol. The normalized spacial score (nSPS) is 11.3. The van der Waals surface area contributed by atoms with Crippen molar-refractivity contribution in [2.45, 2.75) is 17.6 Å². The quantitative estimate of drug-likeness (QED) is 0.139. The summed E-state index contributed by atoms with van der Waals surface area (Å²) in [5.41, 5.74) is -0.405. The van der Waals surface area contributed by atoms with Gasteiger partial charge in [-0.25, -0.2) is 9.59 Å². The Balaban J connectivity index is 2.09. The van der Waals surface area contributed by atoms with Crippen LogP contribution in [0.1, 0.15) is 26.3 Å². The Morgan fingerprint density at radius 3 is 2.32 bits per heavy atom. The van der Waals surface area contributed by atoms with Crippen molar-refractivity contribution in [3.8, 4) is 11.6 Å². The number of carbonyl (C=O) groups is 3. The van der Waals surface area contributed by atoms with E-state index in [9.17, 15) is 34.7 Å². The third-order valence-electron chi connectivity index (χ3n) is 5.11. The SMILES string of the molecule is CSc1nc(NC(Cc2ccccc2)C(=O)O)c([N+](=O)[O-])c(Oc2cc(C(=O)O)cc(C(=O)N(C)C)c2)n1. The summed E-state index contributed by atoms with van der Waals surface area (Å²) in [6.07, 6.45) is 1.60. The Morgan fingerprint density at radius 2 is 1.76 bits per heavy atom. The van der Waals surface area contributed by atoms with Gasteiger partial charge < -0.3 is 25.2 Å². The Morgan fingerprint density at radius 1 is 1.11 bits per heavy atom. The van der Waals surface area contributed by atoms with E-state index in [0.717, 1.165) is 23.9 Å². The molecule has 3 N–H and O–H groups in total. The molecule has 0 radical (unpaired) electrons. The number of rotatable bonds is 11. The van der Waals surface area contributed by atoms with Gasteiger partial charge in [-0.3, -0.25) is 14.9 Å². The van der Waals surface area contributed by atoms with Crippen molar-refractivity contribution in [3.63, 3.8) is 0 Å². The summed E-state index contributed by atoms with van der Waals surface area (Å²) in [5, 5.41) is 34.0. The molecule has 198 valence electrons. The number of carboxylic acids is 2. The summed E-state index contributed by atoms with van der Waals surface area (Å²) in [6.45, 7) is 0. The Kier molecular flexibility index (Phi) is 8.81. The van der Waals surface area contributed by atoms with E-state index < -0.39 is 46.2 Å². The first-order valence-corrected chi connectivity index (χ1v) is 12.1. The molecule has 1 amide bonds. The predicted octanol–water partition coefficient (Wildman–Crippen LogP) is 3.41. The van der Waals surface area contributed by atoms with Crippen LogP contribution < -0.4 is 10.1 Å². The third kappa shape index (κ3) is 6.73. The minimum absolute atomic E-state index is 0.00120. The van der Waals surface area contributed by atoms with Crippen LogP contribution in [-0.4, -0.2) is 74.2 Å². The van der Waals surface area contributed by atoms with E-state index in [1.807, 2.05) is 0 Å². The number of carbonyl (C=O) groups excluding carboxylic acids is 1. The number of aromatic nitrogens is 2. The van der Waals surface area contributed by atoms with Crippen molar-refractivity contribution >= 4 is 41.1 Å². The van der Waals surface area contributed by atoms with Crippen LogP contribution in [0.2, 0.25) is 0 Å². The highest BCUT2D eigenvalue weighted by molar-refractivity contribution is 7.98. The lowest BCUT2D eigenvalue weighted by atomic mass is 10.1. The smallest absolute Gasteiger partial charge is 0.373 e. The van der Waals surface area contributed by atoms with Crippen molar-refractivity contribution in [1.29, 1.82) is 0 Å². The summed E-state index contributed by atoms with van der Waals surface area (Å²) >= 11 is 1.02. The molecule has 0 aliphatic carbocycles. The number of thioether (sulfide) groups is 1. The number of hydrogen-bond acceptors (Lipinski definition) is 10. The first-order chi connectivity index (χ1) is 18.0. The van der Waals surface area contributed by atoms with Crippen molar-refractivity contribution in [1.82, 2.24) is 14.9 Å². The molecule has 38 heavy (non-hydrogen) atoms. The lowest BCUT2D eigenvalue weighted by Crippen LogP contribution is -2.32. The highest BCUT2D eigenvalue weighted by Crippen LogP contribution is 2.37. The molecule has 0 spiro atoms. The van der Waals surface area contributed by atoms with Gasteiger partial charge in [0, 0.05) is 26.1 Å². The summed E-state index contributed by atoms with van der Waals surface area (Å²) in [4.78, 5) is 56.7. The number of amides is 1. The topological polar surface area (TPSA) is 185 Å². The molecule has 0 bridgehead atoms. The van der Waals surface area contributed by atoms with Crippen molar-refractivity contribution in [2.24, 2.45) is 0 Å². The molecule has 1 unspecified atom stereocenters. The molecule has 3 rings (SSSR count). The van der Waals surface area contributed by atoms with E-state index in [-0.39, 0.29) is 28.5 Å². The molecule has 3 aromatic rings. The van der Waals surface area contributed by atoms with Crippen molar-refractivity contribution in [2.75, 3.05) is 25.7 Å². The molecule has 1 aromatic heterocycles. The number of nitro groups is 1. The molecule has 13 nitrogen and oxygen atoms in total. The second-order valence-corrected chi connectivity index (χ2v) is 8.82. The molecule has 0 aliphatic rings. The average Bonchev–Trinajstić information content (AvgIpc) is 2.87. The van der Waals surface area contributed by atoms with Crippen molar-refractivity contribution < 1.29 is 34.3 Å². The number of nitrogens with zero attached hydrogens (tertiary/aromatic N) is 4. The van der Waals surface area contributed by atoms with E-state index in [0.29, 0.717) is 5.56 Å². The molecule has 1 atom stereocenters. The number of anilines is 1. The average molecular weight is 542 g/mol. The maximum absolute atomic E-state index is 12.5. The second-order valence-electron chi connectivity index (χ2n) is 8.05. The number of benzene rings is 2. The van der Waals surface area contributed by atoms with E-state index >= 15 is 0 Å². The molecule has 2 aromatic carbocycles. The minimum atomic E-state index is -1.35. The van der Waals surface area contributed by atoms with Gasteiger partial charge in [-0.05, 0) is 30.0 Å². The van der Waals surface area contributed by atoms with Gasteiger partial charge in [-0.1, -0.05) is 42.1 Å². The van der Waals surface area contributed by atoms with Crippen LogP contribution in [0, 0.1) is 10.1 Å². The largest absolute Gasteiger partial charge is 0.480 e.